The average molecular weight is 428 g/mol. The molecule has 0 radical (unpaired) electrons. The first kappa shape index (κ1) is 23.7. The van der Waals surface area contributed by atoms with Gasteiger partial charge in [0.2, 0.25) is 17.7 Å². The summed E-state index contributed by atoms with van der Waals surface area (Å²) in [7, 11) is 0. The van der Waals surface area contributed by atoms with E-state index in [9.17, 15) is 14.4 Å². The van der Waals surface area contributed by atoms with E-state index in [0.29, 0.717) is 31.3 Å². The van der Waals surface area contributed by atoms with Crippen molar-refractivity contribution in [3.05, 3.63) is 59.7 Å². The molecule has 166 valence electrons. The molecule has 2 aromatic rings. The monoisotopic (exact) mass is 427 g/mol. The number of amides is 3. The van der Waals surface area contributed by atoms with Crippen LogP contribution in [0.2, 0.25) is 0 Å². The van der Waals surface area contributed by atoms with E-state index < -0.39 is 5.91 Å². The van der Waals surface area contributed by atoms with Crippen molar-refractivity contribution in [2.45, 2.75) is 39.7 Å². The molecule has 2 aromatic carbocycles. The summed E-state index contributed by atoms with van der Waals surface area (Å²) >= 11 is 0. The van der Waals surface area contributed by atoms with Crippen LogP contribution in [-0.4, -0.2) is 30.9 Å². The molecule has 0 atom stereocenters. The molecule has 2 rings (SSSR count). The number of carbonyl (C=O) groups excluding carboxylic acids is 3. The lowest BCUT2D eigenvalue weighted by Gasteiger charge is -2.12. The maximum atomic E-state index is 12.1. The minimum absolute atomic E-state index is 0.0293. The summed E-state index contributed by atoms with van der Waals surface area (Å²) in [5, 5.41) is 2.75. The van der Waals surface area contributed by atoms with E-state index in [4.69, 9.17) is 9.47 Å². The number of carbonyl (C=O) groups is 3. The first-order chi connectivity index (χ1) is 15.0. The van der Waals surface area contributed by atoms with E-state index in [2.05, 4.69) is 16.2 Å². The molecule has 0 aliphatic rings. The number of hydrogen-bond acceptors (Lipinski definition) is 5. The van der Waals surface area contributed by atoms with E-state index in [1.165, 1.54) is 0 Å². The van der Waals surface area contributed by atoms with Crippen LogP contribution < -0.4 is 25.6 Å². The van der Waals surface area contributed by atoms with E-state index in [1.807, 2.05) is 44.2 Å². The lowest BCUT2D eigenvalue weighted by atomic mass is 10.1. The Hall–Kier alpha value is -3.55. The molecule has 0 bridgehead atoms. The van der Waals surface area contributed by atoms with Crippen LogP contribution in [0, 0.1) is 0 Å². The summed E-state index contributed by atoms with van der Waals surface area (Å²) in [5.74, 6) is 0.133. The average Bonchev–Trinajstić information content (AvgIpc) is 2.77. The van der Waals surface area contributed by atoms with Crippen LogP contribution >= 0.6 is 0 Å². The number of ether oxygens (including phenoxy) is 2. The van der Waals surface area contributed by atoms with Gasteiger partial charge < -0.3 is 14.8 Å². The van der Waals surface area contributed by atoms with Crippen molar-refractivity contribution in [3.63, 3.8) is 0 Å². The second-order valence-corrected chi connectivity index (χ2v) is 6.68. The summed E-state index contributed by atoms with van der Waals surface area (Å²) in [4.78, 5) is 35.9. The quantitative estimate of drug-likeness (QED) is 0.477. The van der Waals surface area contributed by atoms with Gasteiger partial charge in [-0.2, -0.15) is 0 Å². The van der Waals surface area contributed by atoms with Crippen molar-refractivity contribution in [2.24, 2.45) is 0 Å². The van der Waals surface area contributed by atoms with E-state index in [-0.39, 0.29) is 31.1 Å². The van der Waals surface area contributed by atoms with Gasteiger partial charge in [0.1, 0.15) is 0 Å². The predicted molar refractivity (Wildman–Crippen MR) is 116 cm³/mol. The van der Waals surface area contributed by atoms with Crippen LogP contribution in [0.25, 0.3) is 0 Å². The minimum atomic E-state index is -0.440. The highest BCUT2D eigenvalue weighted by atomic mass is 16.5. The molecule has 0 unspecified atom stereocenters. The first-order valence-corrected chi connectivity index (χ1v) is 10.3. The van der Waals surface area contributed by atoms with Gasteiger partial charge in [-0.3, -0.25) is 25.2 Å². The zero-order valence-electron chi connectivity index (χ0n) is 17.9. The Morgan fingerprint density at radius 2 is 1.39 bits per heavy atom. The third-order valence-corrected chi connectivity index (χ3v) is 4.23. The second kappa shape index (κ2) is 12.9. The Morgan fingerprint density at radius 3 is 2.10 bits per heavy atom. The van der Waals surface area contributed by atoms with E-state index >= 15 is 0 Å². The normalized spacial score (nSPS) is 10.1. The molecule has 3 N–H and O–H groups in total. The number of rotatable bonds is 11. The maximum Gasteiger partial charge on any atom is 0.242 e. The Balaban J connectivity index is 1.71. The number of benzene rings is 2. The lowest BCUT2D eigenvalue weighted by Crippen LogP contribution is -2.42. The summed E-state index contributed by atoms with van der Waals surface area (Å²) in [6, 6.07) is 14.8. The van der Waals surface area contributed by atoms with Gasteiger partial charge in [0.25, 0.3) is 0 Å². The molecule has 0 saturated carbocycles. The molecule has 0 heterocycles. The fourth-order valence-electron chi connectivity index (χ4n) is 2.75. The topological polar surface area (TPSA) is 106 Å². The fraction of sp³-hybridized carbons (Fsp3) is 0.348. The number of hydrogen-bond donors (Lipinski definition) is 3. The van der Waals surface area contributed by atoms with E-state index in [1.54, 1.807) is 18.2 Å². The minimum Gasteiger partial charge on any atom is -0.490 e. The molecule has 0 aliphatic heterocycles. The van der Waals surface area contributed by atoms with Crippen molar-refractivity contribution in [1.82, 2.24) is 16.2 Å². The molecule has 3 amide bonds. The van der Waals surface area contributed by atoms with Gasteiger partial charge in [0.15, 0.2) is 11.5 Å². The predicted octanol–water partition coefficient (Wildman–Crippen LogP) is 2.27. The lowest BCUT2D eigenvalue weighted by molar-refractivity contribution is -0.130. The van der Waals surface area contributed by atoms with Crippen LogP contribution in [-0.2, 0) is 27.3 Å². The third-order valence-electron chi connectivity index (χ3n) is 4.23. The van der Waals surface area contributed by atoms with Crippen molar-refractivity contribution >= 4 is 17.7 Å². The third kappa shape index (κ3) is 8.77. The molecule has 0 aromatic heterocycles. The summed E-state index contributed by atoms with van der Waals surface area (Å²) in [6.07, 6.45) is 0.0634. The van der Waals surface area contributed by atoms with Gasteiger partial charge in [-0.05, 0) is 37.1 Å². The van der Waals surface area contributed by atoms with Crippen LogP contribution in [0.1, 0.15) is 37.8 Å². The Morgan fingerprint density at radius 1 is 0.742 bits per heavy atom. The van der Waals surface area contributed by atoms with E-state index in [0.717, 1.165) is 11.1 Å². The van der Waals surface area contributed by atoms with Gasteiger partial charge in [-0.25, -0.2) is 0 Å². The van der Waals surface area contributed by atoms with Crippen LogP contribution in [0.3, 0.4) is 0 Å². The van der Waals surface area contributed by atoms with Crippen LogP contribution in [0.15, 0.2) is 48.5 Å². The molecule has 0 saturated heterocycles. The first-order valence-electron chi connectivity index (χ1n) is 10.3. The number of nitrogens with one attached hydrogen (secondary N) is 3. The second-order valence-electron chi connectivity index (χ2n) is 6.68. The molecule has 8 nitrogen and oxygen atoms in total. The molecule has 31 heavy (non-hydrogen) atoms. The SMILES string of the molecule is CCOc1ccc(CC(=O)NNC(=O)CCC(=O)NCc2ccccc2)cc1OCC. The highest BCUT2D eigenvalue weighted by molar-refractivity contribution is 5.86. The van der Waals surface area contributed by atoms with Crippen molar-refractivity contribution in [2.75, 3.05) is 13.2 Å². The molecular formula is C23H29N3O5. The van der Waals surface area contributed by atoms with Gasteiger partial charge >= 0.3 is 0 Å². The fourth-order valence-corrected chi connectivity index (χ4v) is 2.75. The van der Waals surface area contributed by atoms with Crippen molar-refractivity contribution < 1.29 is 23.9 Å². The summed E-state index contributed by atoms with van der Waals surface area (Å²) in [5.41, 5.74) is 6.39. The Kier molecular flexibility index (Phi) is 9.87. The zero-order chi connectivity index (χ0) is 22.5. The highest BCUT2D eigenvalue weighted by Crippen LogP contribution is 2.28. The Bertz CT molecular complexity index is 871. The van der Waals surface area contributed by atoms with Gasteiger partial charge in [0, 0.05) is 19.4 Å². The molecule has 0 fully saturated rings. The summed E-state index contributed by atoms with van der Waals surface area (Å²) < 4.78 is 11.0. The van der Waals surface area contributed by atoms with Crippen molar-refractivity contribution in [1.29, 1.82) is 0 Å². The summed E-state index contributed by atoms with van der Waals surface area (Å²) in [6.45, 7) is 5.14. The maximum absolute atomic E-state index is 12.1. The van der Waals surface area contributed by atoms with Crippen molar-refractivity contribution in [3.8, 4) is 11.5 Å². The molecule has 0 aliphatic carbocycles. The molecule has 8 heteroatoms. The van der Waals surface area contributed by atoms with Crippen LogP contribution in [0.5, 0.6) is 11.5 Å². The van der Waals surface area contributed by atoms with Gasteiger partial charge in [-0.1, -0.05) is 36.4 Å². The number of hydrazine groups is 1. The van der Waals surface area contributed by atoms with Gasteiger partial charge in [-0.15, -0.1) is 0 Å². The van der Waals surface area contributed by atoms with Gasteiger partial charge in [0.05, 0.1) is 19.6 Å². The molecular weight excluding hydrogens is 398 g/mol. The van der Waals surface area contributed by atoms with Crippen LogP contribution in [0.4, 0.5) is 0 Å². The Labute approximate surface area is 182 Å². The zero-order valence-corrected chi connectivity index (χ0v) is 17.9. The smallest absolute Gasteiger partial charge is 0.242 e. The molecule has 0 spiro atoms. The largest absolute Gasteiger partial charge is 0.490 e. The highest BCUT2D eigenvalue weighted by Gasteiger charge is 2.11. The standard InChI is InChI=1S/C23H29N3O5/c1-3-30-19-11-10-18(14-20(19)31-4-2)15-23(29)26-25-22(28)13-12-21(27)24-16-17-8-6-5-7-9-17/h5-11,14H,3-4,12-13,15-16H2,1-2H3,(H,24,27)(H,25,28)(H,26,29).